The maximum atomic E-state index is 12.6. The highest BCUT2D eigenvalue weighted by atomic mass is 35.5. The standard InChI is InChI=1S/C20H21Cl2N3O2/c1-27-12-2-3-15-13-25(20(26)23-18-10-8-17(22)9-11-18)24-19(15)14-4-6-16(21)7-5-14/h4-11,15H,2-3,12-13H2,1H3,(H,23,26). The van der Waals surface area contributed by atoms with Crippen LogP contribution in [-0.2, 0) is 4.74 Å². The summed E-state index contributed by atoms with van der Waals surface area (Å²) in [6.07, 6.45) is 1.79. The summed E-state index contributed by atoms with van der Waals surface area (Å²) in [6.45, 7) is 1.21. The summed E-state index contributed by atoms with van der Waals surface area (Å²) in [6, 6.07) is 14.3. The zero-order valence-electron chi connectivity index (χ0n) is 15.0. The lowest BCUT2D eigenvalue weighted by molar-refractivity contribution is 0.187. The van der Waals surface area contributed by atoms with E-state index in [9.17, 15) is 4.79 Å². The van der Waals surface area contributed by atoms with Crippen LogP contribution in [0, 0.1) is 5.92 Å². The van der Waals surface area contributed by atoms with Crippen LogP contribution < -0.4 is 5.32 Å². The largest absolute Gasteiger partial charge is 0.385 e. The quantitative estimate of drug-likeness (QED) is 0.663. The van der Waals surface area contributed by atoms with Gasteiger partial charge in [-0.2, -0.15) is 5.10 Å². The van der Waals surface area contributed by atoms with E-state index >= 15 is 0 Å². The van der Waals surface area contributed by atoms with Gasteiger partial charge in [0.1, 0.15) is 0 Å². The van der Waals surface area contributed by atoms with Gasteiger partial charge in [-0.3, -0.25) is 0 Å². The van der Waals surface area contributed by atoms with E-state index in [2.05, 4.69) is 10.4 Å². The van der Waals surface area contributed by atoms with E-state index < -0.39 is 0 Å². The molecule has 0 saturated carbocycles. The smallest absolute Gasteiger partial charge is 0.342 e. The normalized spacial score (nSPS) is 16.3. The molecule has 7 heteroatoms. The summed E-state index contributed by atoms with van der Waals surface area (Å²) in [5, 5.41) is 10.2. The van der Waals surface area contributed by atoms with E-state index in [0.717, 1.165) is 24.1 Å². The zero-order chi connectivity index (χ0) is 19.2. The summed E-state index contributed by atoms with van der Waals surface area (Å²) < 4.78 is 5.16. The number of rotatable bonds is 6. The zero-order valence-corrected chi connectivity index (χ0v) is 16.5. The monoisotopic (exact) mass is 405 g/mol. The van der Waals surface area contributed by atoms with E-state index in [1.807, 2.05) is 24.3 Å². The van der Waals surface area contributed by atoms with E-state index in [0.29, 0.717) is 28.9 Å². The Morgan fingerprint density at radius 2 is 1.78 bits per heavy atom. The number of anilines is 1. The first-order chi connectivity index (χ1) is 13.1. The average Bonchev–Trinajstić information content (AvgIpc) is 3.09. The Balaban J connectivity index is 1.75. The molecule has 0 saturated heterocycles. The van der Waals surface area contributed by atoms with Crippen LogP contribution in [0.15, 0.2) is 53.6 Å². The molecule has 2 amide bonds. The third-order valence-corrected chi connectivity index (χ3v) is 4.88. The minimum atomic E-state index is -0.266. The van der Waals surface area contributed by atoms with Crippen molar-refractivity contribution in [2.45, 2.75) is 12.8 Å². The highest BCUT2D eigenvalue weighted by Gasteiger charge is 2.30. The number of hydrogen-bond acceptors (Lipinski definition) is 3. The fraction of sp³-hybridized carbons (Fsp3) is 0.300. The Kier molecular flexibility index (Phi) is 6.72. The Morgan fingerprint density at radius 3 is 2.41 bits per heavy atom. The molecule has 3 rings (SSSR count). The molecule has 2 aromatic carbocycles. The van der Waals surface area contributed by atoms with Crippen molar-refractivity contribution in [2.75, 3.05) is 25.6 Å². The summed E-state index contributed by atoms with van der Waals surface area (Å²) >= 11 is 11.9. The van der Waals surface area contributed by atoms with Crippen molar-refractivity contribution in [3.63, 3.8) is 0 Å². The van der Waals surface area contributed by atoms with Crippen molar-refractivity contribution in [3.05, 3.63) is 64.1 Å². The first-order valence-corrected chi connectivity index (χ1v) is 9.50. The van der Waals surface area contributed by atoms with Crippen LogP contribution >= 0.6 is 23.2 Å². The molecule has 5 nitrogen and oxygen atoms in total. The number of hydrazone groups is 1. The molecule has 1 aliphatic rings. The molecule has 1 atom stereocenters. The van der Waals surface area contributed by atoms with Crippen molar-refractivity contribution < 1.29 is 9.53 Å². The number of ether oxygens (including phenoxy) is 1. The van der Waals surface area contributed by atoms with Gasteiger partial charge in [-0.15, -0.1) is 0 Å². The second-order valence-electron chi connectivity index (χ2n) is 6.34. The van der Waals surface area contributed by atoms with Crippen molar-refractivity contribution in [3.8, 4) is 0 Å². The number of benzene rings is 2. The Labute approximate surface area is 168 Å². The first-order valence-electron chi connectivity index (χ1n) is 8.74. The predicted molar refractivity (Wildman–Crippen MR) is 110 cm³/mol. The molecule has 0 aromatic heterocycles. The van der Waals surface area contributed by atoms with E-state index in [1.54, 1.807) is 31.4 Å². The predicted octanol–water partition coefficient (Wildman–Crippen LogP) is 5.29. The molecule has 0 bridgehead atoms. The van der Waals surface area contributed by atoms with Gasteiger partial charge in [0.25, 0.3) is 0 Å². The van der Waals surface area contributed by atoms with Crippen LogP contribution in [0.4, 0.5) is 10.5 Å². The highest BCUT2D eigenvalue weighted by molar-refractivity contribution is 6.31. The van der Waals surface area contributed by atoms with Gasteiger partial charge in [0.2, 0.25) is 0 Å². The van der Waals surface area contributed by atoms with Crippen molar-refractivity contribution in [2.24, 2.45) is 11.0 Å². The van der Waals surface area contributed by atoms with Crippen LogP contribution in [0.25, 0.3) is 0 Å². The number of nitrogens with one attached hydrogen (secondary N) is 1. The number of methoxy groups -OCH3 is 1. The second-order valence-corrected chi connectivity index (χ2v) is 7.22. The third-order valence-electron chi connectivity index (χ3n) is 4.38. The molecule has 27 heavy (non-hydrogen) atoms. The van der Waals surface area contributed by atoms with Crippen LogP contribution in [0.2, 0.25) is 10.0 Å². The molecule has 1 unspecified atom stereocenters. The van der Waals surface area contributed by atoms with Gasteiger partial charge in [-0.25, -0.2) is 9.80 Å². The molecule has 1 aliphatic heterocycles. The summed E-state index contributed by atoms with van der Waals surface area (Å²) in [7, 11) is 1.69. The SMILES string of the molecule is COCCCC1CN(C(=O)Nc2ccc(Cl)cc2)N=C1c1ccc(Cl)cc1. The number of hydrogen-bond donors (Lipinski definition) is 1. The molecule has 2 aromatic rings. The lowest BCUT2D eigenvalue weighted by Crippen LogP contribution is -2.30. The van der Waals surface area contributed by atoms with Crippen LogP contribution in [0.3, 0.4) is 0 Å². The summed E-state index contributed by atoms with van der Waals surface area (Å²) in [5.74, 6) is 0.150. The van der Waals surface area contributed by atoms with E-state index in [1.165, 1.54) is 5.01 Å². The number of urea groups is 1. The first kappa shape index (κ1) is 19.7. The lowest BCUT2D eigenvalue weighted by atomic mass is 9.93. The van der Waals surface area contributed by atoms with E-state index in [4.69, 9.17) is 27.9 Å². The minimum absolute atomic E-state index is 0.150. The van der Waals surface area contributed by atoms with Gasteiger partial charge < -0.3 is 10.1 Å². The van der Waals surface area contributed by atoms with Gasteiger partial charge in [-0.05, 0) is 54.8 Å². The van der Waals surface area contributed by atoms with Crippen molar-refractivity contribution in [1.29, 1.82) is 0 Å². The van der Waals surface area contributed by atoms with E-state index in [-0.39, 0.29) is 11.9 Å². The number of carbonyl (C=O) groups is 1. The molecular weight excluding hydrogens is 385 g/mol. The minimum Gasteiger partial charge on any atom is -0.385 e. The fourth-order valence-corrected chi connectivity index (χ4v) is 3.27. The fourth-order valence-electron chi connectivity index (χ4n) is 3.01. The molecule has 1 heterocycles. The van der Waals surface area contributed by atoms with Crippen LogP contribution in [0.1, 0.15) is 18.4 Å². The number of nitrogens with zero attached hydrogens (tertiary/aromatic N) is 2. The molecule has 0 aliphatic carbocycles. The maximum absolute atomic E-state index is 12.6. The molecule has 0 fully saturated rings. The second kappa shape index (κ2) is 9.22. The highest BCUT2D eigenvalue weighted by Crippen LogP contribution is 2.25. The molecular formula is C20H21Cl2N3O2. The average molecular weight is 406 g/mol. The molecule has 0 spiro atoms. The van der Waals surface area contributed by atoms with Crippen LogP contribution in [0.5, 0.6) is 0 Å². The number of amides is 2. The Bertz CT molecular complexity index is 807. The summed E-state index contributed by atoms with van der Waals surface area (Å²) in [4.78, 5) is 12.6. The third kappa shape index (κ3) is 5.22. The Hall–Kier alpha value is -2.08. The lowest BCUT2D eigenvalue weighted by Gasteiger charge is -2.15. The van der Waals surface area contributed by atoms with Gasteiger partial charge >= 0.3 is 6.03 Å². The molecule has 1 N–H and O–H groups in total. The summed E-state index contributed by atoms with van der Waals surface area (Å²) in [5.41, 5.74) is 2.55. The van der Waals surface area contributed by atoms with Crippen molar-refractivity contribution >= 4 is 40.6 Å². The molecule has 142 valence electrons. The van der Waals surface area contributed by atoms with Crippen LogP contribution in [-0.4, -0.2) is 37.0 Å². The molecule has 0 radical (unpaired) electrons. The Morgan fingerprint density at radius 1 is 1.15 bits per heavy atom. The maximum Gasteiger partial charge on any atom is 0.342 e. The topological polar surface area (TPSA) is 53.9 Å². The van der Waals surface area contributed by atoms with Gasteiger partial charge in [0.15, 0.2) is 0 Å². The van der Waals surface area contributed by atoms with Gasteiger partial charge in [0, 0.05) is 35.4 Å². The van der Waals surface area contributed by atoms with Gasteiger partial charge in [0.05, 0.1) is 12.3 Å². The van der Waals surface area contributed by atoms with Gasteiger partial charge in [-0.1, -0.05) is 35.3 Å². The number of halogens is 2. The van der Waals surface area contributed by atoms with Crippen molar-refractivity contribution in [1.82, 2.24) is 5.01 Å². The number of carbonyl (C=O) groups excluding carboxylic acids is 1.